The molecule has 0 aliphatic carbocycles. The molecule has 3 aromatic rings. The Bertz CT molecular complexity index is 811. The van der Waals surface area contributed by atoms with Crippen molar-refractivity contribution in [1.29, 1.82) is 0 Å². The van der Waals surface area contributed by atoms with Crippen LogP contribution in [0.1, 0.15) is 15.9 Å². The van der Waals surface area contributed by atoms with Crippen molar-refractivity contribution in [2.24, 2.45) is 0 Å². The Morgan fingerprint density at radius 3 is 2.80 bits per heavy atom. The third-order valence-corrected chi connectivity index (χ3v) is 4.02. The second-order valence-electron chi connectivity index (χ2n) is 4.36. The van der Waals surface area contributed by atoms with Crippen molar-refractivity contribution in [3.05, 3.63) is 75.5 Å². The number of halogens is 2. The van der Waals surface area contributed by atoms with Gasteiger partial charge >= 0.3 is 0 Å². The number of rotatable bonds is 2. The zero-order valence-electron chi connectivity index (χ0n) is 10.3. The fraction of sp³-hybridized carbons (Fsp3) is 0. The molecular weight excluding hydrogens is 338 g/mol. The summed E-state index contributed by atoms with van der Waals surface area (Å²) >= 11 is 9.38. The van der Waals surface area contributed by atoms with Gasteiger partial charge in [0.25, 0.3) is 0 Å². The lowest BCUT2D eigenvalue weighted by Crippen LogP contribution is -2.03. The van der Waals surface area contributed by atoms with Gasteiger partial charge in [0.05, 0.1) is 0 Å². The van der Waals surface area contributed by atoms with Crippen molar-refractivity contribution >= 4 is 44.1 Å². The van der Waals surface area contributed by atoms with E-state index in [9.17, 15) is 4.79 Å². The van der Waals surface area contributed by atoms with Crippen molar-refractivity contribution in [1.82, 2.24) is 4.98 Å². The monoisotopic (exact) mass is 345 g/mol. The lowest BCUT2D eigenvalue weighted by atomic mass is 9.98. The van der Waals surface area contributed by atoms with Crippen LogP contribution >= 0.6 is 27.5 Å². The summed E-state index contributed by atoms with van der Waals surface area (Å²) in [4.78, 5) is 16.8. The zero-order chi connectivity index (χ0) is 14.1. The van der Waals surface area contributed by atoms with Gasteiger partial charge in [0.2, 0.25) is 0 Å². The normalized spacial score (nSPS) is 10.7. The van der Waals surface area contributed by atoms with Crippen LogP contribution in [0.25, 0.3) is 10.8 Å². The van der Waals surface area contributed by atoms with E-state index in [0.717, 1.165) is 15.2 Å². The van der Waals surface area contributed by atoms with Gasteiger partial charge in [-0.3, -0.25) is 9.78 Å². The maximum Gasteiger partial charge on any atom is 0.194 e. The van der Waals surface area contributed by atoms with Gasteiger partial charge in [0.1, 0.15) is 0 Å². The standard InChI is InChI=1S/C16H9BrClNO/c17-15-5-4-11(18)8-14(15)16(20)13-3-1-2-10-9-19-7-6-12(10)13/h1-9H. The number of hydrogen-bond donors (Lipinski definition) is 0. The lowest BCUT2D eigenvalue weighted by molar-refractivity contribution is 0.103. The molecule has 0 aliphatic rings. The van der Waals surface area contributed by atoms with Gasteiger partial charge in [-0.2, -0.15) is 0 Å². The molecule has 1 heterocycles. The molecule has 20 heavy (non-hydrogen) atoms. The number of aromatic nitrogens is 1. The molecule has 0 unspecified atom stereocenters. The Morgan fingerprint density at radius 2 is 1.95 bits per heavy atom. The van der Waals surface area contributed by atoms with Crippen molar-refractivity contribution in [2.75, 3.05) is 0 Å². The average Bonchev–Trinajstić information content (AvgIpc) is 2.48. The molecule has 0 fully saturated rings. The lowest BCUT2D eigenvalue weighted by Gasteiger charge is -2.07. The van der Waals surface area contributed by atoms with E-state index >= 15 is 0 Å². The Hall–Kier alpha value is -1.71. The number of hydrogen-bond acceptors (Lipinski definition) is 2. The predicted molar refractivity (Wildman–Crippen MR) is 84.3 cm³/mol. The summed E-state index contributed by atoms with van der Waals surface area (Å²) in [5.41, 5.74) is 1.20. The molecule has 0 N–H and O–H groups in total. The number of pyridine rings is 1. The summed E-state index contributed by atoms with van der Waals surface area (Å²) < 4.78 is 0.734. The van der Waals surface area contributed by atoms with E-state index in [1.807, 2.05) is 24.3 Å². The van der Waals surface area contributed by atoms with Crippen molar-refractivity contribution in [3.63, 3.8) is 0 Å². The van der Waals surface area contributed by atoms with E-state index < -0.39 is 0 Å². The van der Waals surface area contributed by atoms with E-state index in [0.29, 0.717) is 16.1 Å². The first-order valence-corrected chi connectivity index (χ1v) is 7.16. The molecule has 4 heteroatoms. The second kappa shape index (κ2) is 5.35. The maximum atomic E-state index is 12.7. The highest BCUT2D eigenvalue weighted by molar-refractivity contribution is 9.10. The minimum Gasteiger partial charge on any atom is -0.289 e. The van der Waals surface area contributed by atoms with Crippen LogP contribution in [-0.4, -0.2) is 10.8 Å². The van der Waals surface area contributed by atoms with Gasteiger partial charge in [-0.25, -0.2) is 0 Å². The van der Waals surface area contributed by atoms with Gasteiger partial charge in [0.15, 0.2) is 5.78 Å². The molecule has 98 valence electrons. The zero-order valence-corrected chi connectivity index (χ0v) is 12.6. The largest absolute Gasteiger partial charge is 0.289 e. The first-order valence-electron chi connectivity index (χ1n) is 5.99. The molecule has 0 saturated heterocycles. The van der Waals surface area contributed by atoms with Gasteiger partial charge in [-0.1, -0.05) is 45.7 Å². The highest BCUT2D eigenvalue weighted by Gasteiger charge is 2.15. The number of ketones is 1. The van der Waals surface area contributed by atoms with Crippen molar-refractivity contribution < 1.29 is 4.79 Å². The quantitative estimate of drug-likeness (QED) is 0.619. The fourth-order valence-electron chi connectivity index (χ4n) is 2.14. The minimum absolute atomic E-state index is 0.0591. The van der Waals surface area contributed by atoms with Gasteiger partial charge < -0.3 is 0 Å². The molecule has 3 rings (SSSR count). The first-order chi connectivity index (χ1) is 9.66. The third-order valence-electron chi connectivity index (χ3n) is 3.10. The number of carbonyl (C=O) groups is 1. The number of benzene rings is 2. The molecule has 0 spiro atoms. The molecule has 0 amide bonds. The third kappa shape index (κ3) is 2.35. The molecule has 2 aromatic carbocycles. The van der Waals surface area contributed by atoms with E-state index in [-0.39, 0.29) is 5.78 Å². The Morgan fingerprint density at radius 1 is 1.10 bits per heavy atom. The molecular formula is C16H9BrClNO. The van der Waals surface area contributed by atoms with Crippen LogP contribution in [0.15, 0.2) is 59.3 Å². The molecule has 1 aromatic heterocycles. The summed E-state index contributed by atoms with van der Waals surface area (Å²) in [6.07, 6.45) is 3.44. The molecule has 2 nitrogen and oxygen atoms in total. The maximum absolute atomic E-state index is 12.7. The SMILES string of the molecule is O=C(c1cc(Cl)ccc1Br)c1cccc2cnccc12. The fourth-order valence-corrected chi connectivity index (χ4v) is 2.74. The summed E-state index contributed by atoms with van der Waals surface area (Å²) in [7, 11) is 0. The van der Waals surface area contributed by atoms with Crippen LogP contribution in [0.3, 0.4) is 0 Å². The highest BCUT2D eigenvalue weighted by Crippen LogP contribution is 2.26. The number of carbonyl (C=O) groups excluding carboxylic acids is 1. The topological polar surface area (TPSA) is 30.0 Å². The average molecular weight is 347 g/mol. The van der Waals surface area contributed by atoms with Gasteiger partial charge in [-0.15, -0.1) is 0 Å². The Labute approximate surface area is 129 Å². The van der Waals surface area contributed by atoms with E-state index in [1.54, 1.807) is 30.6 Å². The van der Waals surface area contributed by atoms with E-state index in [2.05, 4.69) is 20.9 Å². The minimum atomic E-state index is -0.0591. The smallest absolute Gasteiger partial charge is 0.194 e. The predicted octanol–water partition coefficient (Wildman–Crippen LogP) is 4.88. The summed E-state index contributed by atoms with van der Waals surface area (Å²) in [5, 5.41) is 2.37. The van der Waals surface area contributed by atoms with Crippen molar-refractivity contribution in [2.45, 2.75) is 0 Å². The van der Waals surface area contributed by atoms with Crippen LogP contribution < -0.4 is 0 Å². The highest BCUT2D eigenvalue weighted by atomic mass is 79.9. The summed E-state index contributed by atoms with van der Waals surface area (Å²) in [6, 6.07) is 12.7. The second-order valence-corrected chi connectivity index (χ2v) is 5.65. The van der Waals surface area contributed by atoms with Crippen LogP contribution in [0.2, 0.25) is 5.02 Å². The number of fused-ring (bicyclic) bond motifs is 1. The van der Waals surface area contributed by atoms with Crippen LogP contribution in [0.4, 0.5) is 0 Å². The molecule has 0 aliphatic heterocycles. The van der Waals surface area contributed by atoms with Crippen LogP contribution in [-0.2, 0) is 0 Å². The summed E-state index contributed by atoms with van der Waals surface area (Å²) in [5.74, 6) is -0.0591. The van der Waals surface area contributed by atoms with E-state index in [4.69, 9.17) is 11.6 Å². The molecule has 0 saturated carbocycles. The van der Waals surface area contributed by atoms with E-state index in [1.165, 1.54) is 0 Å². The first kappa shape index (κ1) is 13.3. The molecule has 0 bridgehead atoms. The number of nitrogens with zero attached hydrogens (tertiary/aromatic N) is 1. The Balaban J connectivity index is 2.20. The Kier molecular flexibility index (Phi) is 3.55. The van der Waals surface area contributed by atoms with Crippen molar-refractivity contribution in [3.8, 4) is 0 Å². The van der Waals surface area contributed by atoms with Crippen LogP contribution in [0.5, 0.6) is 0 Å². The van der Waals surface area contributed by atoms with Gasteiger partial charge in [-0.05, 0) is 29.7 Å². The molecule has 0 atom stereocenters. The molecule has 0 radical (unpaired) electrons. The van der Waals surface area contributed by atoms with Gasteiger partial charge in [0, 0.05) is 38.4 Å². The van der Waals surface area contributed by atoms with Crippen LogP contribution in [0, 0.1) is 0 Å². The summed E-state index contributed by atoms with van der Waals surface area (Å²) in [6.45, 7) is 0.